The van der Waals surface area contributed by atoms with Crippen LogP contribution < -0.4 is 0 Å². The molecule has 7 heteroatoms. The first-order chi connectivity index (χ1) is 6.56. The normalized spacial score (nSPS) is 10.6. The van der Waals surface area contributed by atoms with Gasteiger partial charge in [0, 0.05) is 0 Å². The number of pyridine rings is 1. The Hall–Kier alpha value is -1.30. The molecule has 76 valence electrons. The Balaban J connectivity index is 3.24. The molecule has 1 aromatic rings. The summed E-state index contributed by atoms with van der Waals surface area (Å²) in [5.41, 5.74) is -1.15. The van der Waals surface area contributed by atoms with Crippen molar-refractivity contribution in [1.29, 1.82) is 0 Å². The fourth-order valence-electron chi connectivity index (χ4n) is 0.910. The van der Waals surface area contributed by atoms with Gasteiger partial charge in [-0.2, -0.15) is 0 Å². The van der Waals surface area contributed by atoms with Gasteiger partial charge in [-0.05, 0) is 6.07 Å². The van der Waals surface area contributed by atoms with E-state index in [1.807, 2.05) is 0 Å². The van der Waals surface area contributed by atoms with Crippen LogP contribution in [0.4, 0.5) is 14.5 Å². The lowest BCUT2D eigenvalue weighted by atomic mass is 10.2. The van der Waals surface area contributed by atoms with E-state index in [0.29, 0.717) is 0 Å². The summed E-state index contributed by atoms with van der Waals surface area (Å²) in [5.74, 6) is -0.0578. The largest absolute Gasteiger partial charge is 0.296 e. The summed E-state index contributed by atoms with van der Waals surface area (Å²) in [6, 6.07) is 0.940. The van der Waals surface area contributed by atoms with Gasteiger partial charge in [-0.3, -0.25) is 15.1 Å². The third-order valence-electron chi connectivity index (χ3n) is 1.54. The molecule has 0 aliphatic rings. The van der Waals surface area contributed by atoms with Crippen LogP contribution in [0, 0.1) is 10.1 Å². The first-order valence-electron chi connectivity index (χ1n) is 3.53. The van der Waals surface area contributed by atoms with Crippen LogP contribution in [-0.4, -0.2) is 9.91 Å². The highest BCUT2D eigenvalue weighted by Crippen LogP contribution is 2.28. The summed E-state index contributed by atoms with van der Waals surface area (Å²) in [6.45, 7) is 0. The van der Waals surface area contributed by atoms with Crippen molar-refractivity contribution in [3.8, 4) is 0 Å². The van der Waals surface area contributed by atoms with E-state index >= 15 is 0 Å². The summed E-state index contributed by atoms with van der Waals surface area (Å²) in [7, 11) is 0. The molecule has 0 atom stereocenters. The van der Waals surface area contributed by atoms with E-state index < -0.39 is 22.6 Å². The molecule has 0 saturated carbocycles. The van der Waals surface area contributed by atoms with Crippen molar-refractivity contribution in [2.24, 2.45) is 0 Å². The molecule has 0 spiro atoms. The van der Waals surface area contributed by atoms with Crippen LogP contribution in [0.2, 0.25) is 0 Å². The lowest BCUT2D eigenvalue weighted by Gasteiger charge is -2.02. The molecular weight excluding hydrogens is 218 g/mol. The van der Waals surface area contributed by atoms with Crippen LogP contribution in [-0.2, 0) is 5.88 Å². The average molecular weight is 223 g/mol. The zero-order chi connectivity index (χ0) is 10.7. The van der Waals surface area contributed by atoms with E-state index in [4.69, 9.17) is 11.6 Å². The standard InChI is InChI=1S/C7H5ClF2N2O2/c8-2-4-1-5(7(9)10)6(3-11-4)12(13)14/h1,3,7H,2H2. The van der Waals surface area contributed by atoms with Crippen molar-refractivity contribution >= 4 is 17.3 Å². The Kier molecular flexibility index (Phi) is 3.29. The second kappa shape index (κ2) is 4.28. The molecule has 0 saturated heterocycles. The van der Waals surface area contributed by atoms with E-state index in [1.165, 1.54) is 0 Å². The maximum atomic E-state index is 12.3. The van der Waals surface area contributed by atoms with Crippen LogP contribution in [0.1, 0.15) is 17.7 Å². The Bertz CT molecular complexity index is 360. The molecule has 4 nitrogen and oxygen atoms in total. The molecule has 0 unspecified atom stereocenters. The minimum absolute atomic E-state index is 0.0578. The van der Waals surface area contributed by atoms with Gasteiger partial charge in [0.2, 0.25) is 0 Å². The predicted octanol–water partition coefficient (Wildman–Crippen LogP) is 2.67. The Morgan fingerprint density at radius 1 is 1.64 bits per heavy atom. The van der Waals surface area contributed by atoms with Crippen molar-refractivity contribution in [3.05, 3.63) is 33.6 Å². The second-order valence-corrected chi connectivity index (χ2v) is 2.69. The van der Waals surface area contributed by atoms with Gasteiger partial charge in [-0.15, -0.1) is 11.6 Å². The number of rotatable bonds is 3. The molecule has 1 rings (SSSR count). The minimum Gasteiger partial charge on any atom is -0.258 e. The predicted molar refractivity (Wildman–Crippen MR) is 45.4 cm³/mol. The summed E-state index contributed by atoms with van der Waals surface area (Å²) in [5, 5.41) is 10.3. The zero-order valence-corrected chi connectivity index (χ0v) is 7.54. The van der Waals surface area contributed by atoms with E-state index in [0.717, 1.165) is 12.3 Å². The molecule has 0 N–H and O–H groups in total. The quantitative estimate of drug-likeness (QED) is 0.449. The molecule has 0 radical (unpaired) electrons. The Morgan fingerprint density at radius 2 is 2.29 bits per heavy atom. The van der Waals surface area contributed by atoms with Crippen LogP contribution in [0.15, 0.2) is 12.3 Å². The molecule has 0 aromatic carbocycles. The highest BCUT2D eigenvalue weighted by atomic mass is 35.5. The van der Waals surface area contributed by atoms with Crippen molar-refractivity contribution < 1.29 is 13.7 Å². The molecule has 14 heavy (non-hydrogen) atoms. The van der Waals surface area contributed by atoms with E-state index in [9.17, 15) is 18.9 Å². The van der Waals surface area contributed by atoms with Crippen LogP contribution in [0.25, 0.3) is 0 Å². The molecule has 0 bridgehead atoms. The lowest BCUT2D eigenvalue weighted by molar-refractivity contribution is -0.386. The number of hydrogen-bond donors (Lipinski definition) is 0. The highest BCUT2D eigenvalue weighted by molar-refractivity contribution is 6.16. The average Bonchev–Trinajstić information content (AvgIpc) is 2.16. The monoisotopic (exact) mass is 222 g/mol. The fourth-order valence-corrected chi connectivity index (χ4v) is 1.06. The summed E-state index contributed by atoms with van der Waals surface area (Å²) >= 11 is 5.36. The summed E-state index contributed by atoms with van der Waals surface area (Å²) < 4.78 is 24.7. The van der Waals surface area contributed by atoms with Gasteiger partial charge >= 0.3 is 0 Å². The minimum atomic E-state index is -2.90. The number of nitrogens with zero attached hydrogens (tertiary/aromatic N) is 2. The molecule has 0 fully saturated rings. The van der Waals surface area contributed by atoms with Gasteiger partial charge in [0.1, 0.15) is 6.20 Å². The van der Waals surface area contributed by atoms with Gasteiger partial charge in [0.15, 0.2) is 0 Å². The summed E-state index contributed by atoms with van der Waals surface area (Å²) in [6.07, 6.45) is -2.11. The number of alkyl halides is 3. The van der Waals surface area contributed by atoms with Gasteiger partial charge in [-0.1, -0.05) is 0 Å². The van der Waals surface area contributed by atoms with Gasteiger partial charge in [0.25, 0.3) is 12.1 Å². The van der Waals surface area contributed by atoms with Crippen molar-refractivity contribution in [2.75, 3.05) is 0 Å². The van der Waals surface area contributed by atoms with Crippen molar-refractivity contribution in [2.45, 2.75) is 12.3 Å². The number of halogens is 3. The van der Waals surface area contributed by atoms with Crippen LogP contribution in [0.5, 0.6) is 0 Å². The first-order valence-corrected chi connectivity index (χ1v) is 4.07. The van der Waals surface area contributed by atoms with E-state index in [2.05, 4.69) is 4.98 Å². The number of nitro groups is 1. The van der Waals surface area contributed by atoms with Gasteiger partial charge in [0.05, 0.1) is 22.1 Å². The zero-order valence-electron chi connectivity index (χ0n) is 6.78. The second-order valence-electron chi connectivity index (χ2n) is 2.43. The molecular formula is C7H5ClF2N2O2. The highest BCUT2D eigenvalue weighted by Gasteiger charge is 2.22. The number of hydrogen-bond acceptors (Lipinski definition) is 3. The van der Waals surface area contributed by atoms with Crippen LogP contribution in [0.3, 0.4) is 0 Å². The lowest BCUT2D eigenvalue weighted by Crippen LogP contribution is -1.99. The Labute approximate surface area is 82.7 Å². The first kappa shape index (κ1) is 10.8. The molecule has 0 amide bonds. The molecule has 1 aromatic heterocycles. The van der Waals surface area contributed by atoms with Crippen LogP contribution >= 0.6 is 11.6 Å². The SMILES string of the molecule is O=[N+]([O-])c1cnc(CCl)cc1C(F)F. The third-order valence-corrected chi connectivity index (χ3v) is 1.81. The van der Waals surface area contributed by atoms with Gasteiger partial charge < -0.3 is 0 Å². The topological polar surface area (TPSA) is 56.0 Å². The third kappa shape index (κ3) is 2.14. The Morgan fingerprint density at radius 3 is 2.71 bits per heavy atom. The summed E-state index contributed by atoms with van der Waals surface area (Å²) in [4.78, 5) is 13.0. The van der Waals surface area contributed by atoms with Crippen molar-refractivity contribution in [3.63, 3.8) is 0 Å². The maximum absolute atomic E-state index is 12.3. The smallest absolute Gasteiger partial charge is 0.258 e. The van der Waals surface area contributed by atoms with E-state index in [-0.39, 0.29) is 11.6 Å². The maximum Gasteiger partial charge on any atom is 0.296 e. The molecule has 1 heterocycles. The molecule has 0 aliphatic carbocycles. The fraction of sp³-hybridized carbons (Fsp3) is 0.286. The molecule has 0 aliphatic heterocycles. The van der Waals surface area contributed by atoms with E-state index in [1.54, 1.807) is 0 Å². The number of aromatic nitrogens is 1. The van der Waals surface area contributed by atoms with Crippen molar-refractivity contribution in [1.82, 2.24) is 4.98 Å². The van der Waals surface area contributed by atoms with Gasteiger partial charge in [-0.25, -0.2) is 8.78 Å².